The maximum absolute atomic E-state index is 14.7. The fourth-order valence-electron chi connectivity index (χ4n) is 4.67. The molecular weight excluding hydrogens is 547 g/mol. The molecule has 3 aromatic heterocycles. The van der Waals surface area contributed by atoms with Crippen LogP contribution in [-0.4, -0.2) is 54.3 Å². The Morgan fingerprint density at radius 1 is 1.20 bits per heavy atom. The third-order valence-electron chi connectivity index (χ3n) is 6.58. The second kappa shape index (κ2) is 11.6. The molecule has 40 heavy (non-hydrogen) atoms. The van der Waals surface area contributed by atoms with E-state index in [1.54, 1.807) is 23.3 Å². The van der Waals surface area contributed by atoms with Crippen molar-refractivity contribution in [1.29, 1.82) is 0 Å². The fraction of sp³-hybridized carbons (Fsp3) is 0.308. The van der Waals surface area contributed by atoms with Crippen molar-refractivity contribution in [2.75, 3.05) is 16.8 Å². The molecule has 0 aliphatic carbocycles. The molecule has 5 rings (SSSR count). The van der Waals surface area contributed by atoms with Crippen molar-refractivity contribution in [2.24, 2.45) is 5.73 Å². The quantitative estimate of drug-likeness (QED) is 0.317. The molecule has 2 atom stereocenters. The normalized spacial score (nSPS) is 16.0. The van der Waals surface area contributed by atoms with Crippen LogP contribution in [-0.2, 0) is 6.54 Å². The van der Waals surface area contributed by atoms with E-state index in [0.29, 0.717) is 18.2 Å². The standard InChI is InChI=1S/C26H25ClF3N9O/c1-14(31)21-3-2-6-39(21)26-33-7-15(8-34-26)12-38-13-16(9-35-38)36-25(40)20-11-32-10-19(37-20)22-17(24(29)30)4-5-18(27)23(22)28/h4-5,7-11,13-14,21,24H,2-3,6,12,31H2,1H3,(H,36,40). The van der Waals surface area contributed by atoms with Crippen LogP contribution < -0.4 is 16.0 Å². The average molecular weight is 572 g/mol. The number of benzene rings is 1. The van der Waals surface area contributed by atoms with E-state index in [0.717, 1.165) is 49.5 Å². The summed E-state index contributed by atoms with van der Waals surface area (Å²) in [5, 5.41) is 6.52. The minimum atomic E-state index is -2.99. The van der Waals surface area contributed by atoms with E-state index >= 15 is 0 Å². The van der Waals surface area contributed by atoms with Gasteiger partial charge in [-0.1, -0.05) is 17.7 Å². The van der Waals surface area contributed by atoms with Gasteiger partial charge in [0.1, 0.15) is 5.69 Å². The molecule has 3 N–H and O–H groups in total. The highest BCUT2D eigenvalue weighted by Crippen LogP contribution is 2.35. The summed E-state index contributed by atoms with van der Waals surface area (Å²) in [6, 6.07) is 2.28. The zero-order chi connectivity index (χ0) is 28.4. The number of carbonyl (C=O) groups excluding carboxylic acids is 1. The van der Waals surface area contributed by atoms with Gasteiger partial charge in [0.15, 0.2) is 5.82 Å². The SMILES string of the molecule is CC(N)C1CCCN1c1ncc(Cn2cc(NC(=O)c3cncc(-c4c(C(F)F)ccc(Cl)c4F)n3)cn2)cn1. The van der Waals surface area contributed by atoms with Gasteiger partial charge in [0.05, 0.1) is 41.5 Å². The minimum Gasteiger partial charge on any atom is -0.336 e. The summed E-state index contributed by atoms with van der Waals surface area (Å²) in [5.74, 6) is -1.12. The lowest BCUT2D eigenvalue weighted by Crippen LogP contribution is -2.43. The number of rotatable bonds is 8. The highest BCUT2D eigenvalue weighted by atomic mass is 35.5. The van der Waals surface area contributed by atoms with Crippen LogP contribution in [0, 0.1) is 5.82 Å². The monoisotopic (exact) mass is 571 g/mol. The molecule has 1 saturated heterocycles. The van der Waals surface area contributed by atoms with E-state index in [2.05, 4.69) is 35.3 Å². The first-order valence-corrected chi connectivity index (χ1v) is 12.8. The zero-order valence-electron chi connectivity index (χ0n) is 21.3. The zero-order valence-corrected chi connectivity index (χ0v) is 22.1. The summed E-state index contributed by atoms with van der Waals surface area (Å²) in [4.78, 5) is 31.9. The van der Waals surface area contributed by atoms with Crippen LogP contribution in [0.2, 0.25) is 5.02 Å². The number of halogens is 4. The number of nitrogens with two attached hydrogens (primary N) is 1. The van der Waals surface area contributed by atoms with Crippen LogP contribution in [0.15, 0.2) is 49.3 Å². The van der Waals surface area contributed by atoms with Crippen molar-refractivity contribution >= 4 is 29.1 Å². The Hall–Kier alpha value is -4.10. The van der Waals surface area contributed by atoms with Crippen molar-refractivity contribution < 1.29 is 18.0 Å². The second-order valence-electron chi connectivity index (χ2n) is 9.45. The molecule has 1 aromatic carbocycles. The first-order chi connectivity index (χ1) is 19.2. The molecule has 2 unspecified atom stereocenters. The largest absolute Gasteiger partial charge is 0.336 e. The number of anilines is 2. The van der Waals surface area contributed by atoms with Gasteiger partial charge >= 0.3 is 0 Å². The molecule has 0 bridgehead atoms. The van der Waals surface area contributed by atoms with Gasteiger partial charge in [0.25, 0.3) is 12.3 Å². The second-order valence-corrected chi connectivity index (χ2v) is 9.86. The van der Waals surface area contributed by atoms with E-state index in [1.807, 2.05) is 6.92 Å². The van der Waals surface area contributed by atoms with E-state index in [4.69, 9.17) is 17.3 Å². The van der Waals surface area contributed by atoms with Gasteiger partial charge < -0.3 is 16.0 Å². The summed E-state index contributed by atoms with van der Waals surface area (Å²) in [6.45, 7) is 3.20. The number of nitrogens with zero attached hydrogens (tertiary/aromatic N) is 7. The predicted octanol–water partition coefficient (Wildman–Crippen LogP) is 4.48. The minimum absolute atomic E-state index is 0.0186. The highest BCUT2D eigenvalue weighted by molar-refractivity contribution is 6.31. The van der Waals surface area contributed by atoms with Crippen LogP contribution in [0.4, 0.5) is 24.8 Å². The lowest BCUT2D eigenvalue weighted by molar-refractivity contribution is 0.102. The number of amides is 1. The molecule has 0 saturated carbocycles. The number of aromatic nitrogens is 6. The molecule has 14 heteroatoms. The Morgan fingerprint density at radius 2 is 1.98 bits per heavy atom. The molecule has 0 spiro atoms. The van der Waals surface area contributed by atoms with Crippen molar-refractivity contribution in [2.45, 2.75) is 44.8 Å². The highest BCUT2D eigenvalue weighted by Gasteiger charge is 2.29. The summed E-state index contributed by atoms with van der Waals surface area (Å²) in [7, 11) is 0. The average Bonchev–Trinajstić information content (AvgIpc) is 3.60. The summed E-state index contributed by atoms with van der Waals surface area (Å²) < 4.78 is 43.3. The van der Waals surface area contributed by atoms with Crippen LogP contribution in [0.1, 0.15) is 47.8 Å². The number of nitrogens with one attached hydrogen (secondary N) is 1. The molecule has 208 valence electrons. The number of hydrogen-bond donors (Lipinski definition) is 2. The van der Waals surface area contributed by atoms with Crippen LogP contribution in [0.25, 0.3) is 11.3 Å². The Bertz CT molecular complexity index is 1510. The van der Waals surface area contributed by atoms with Crippen molar-refractivity contribution in [1.82, 2.24) is 29.7 Å². The summed E-state index contributed by atoms with van der Waals surface area (Å²) in [6.07, 6.45) is 7.78. The van der Waals surface area contributed by atoms with Gasteiger partial charge in [0, 0.05) is 53.9 Å². The van der Waals surface area contributed by atoms with Crippen molar-refractivity contribution in [3.63, 3.8) is 0 Å². The Labute approximate surface area is 232 Å². The Balaban J connectivity index is 1.27. The van der Waals surface area contributed by atoms with E-state index in [-0.39, 0.29) is 28.5 Å². The maximum Gasteiger partial charge on any atom is 0.275 e. The topological polar surface area (TPSA) is 128 Å². The van der Waals surface area contributed by atoms with Crippen molar-refractivity contribution in [3.8, 4) is 11.3 Å². The van der Waals surface area contributed by atoms with E-state index < -0.39 is 29.3 Å². The Kier molecular flexibility index (Phi) is 7.94. The third-order valence-corrected chi connectivity index (χ3v) is 6.87. The molecular formula is C26H25ClF3N9O. The van der Waals surface area contributed by atoms with Gasteiger partial charge in [0.2, 0.25) is 5.95 Å². The van der Waals surface area contributed by atoms with E-state index in [1.165, 1.54) is 6.20 Å². The predicted molar refractivity (Wildman–Crippen MR) is 143 cm³/mol. The fourth-order valence-corrected chi connectivity index (χ4v) is 4.82. The first kappa shape index (κ1) is 27.5. The number of carbonyl (C=O) groups is 1. The molecule has 4 heterocycles. The Morgan fingerprint density at radius 3 is 2.70 bits per heavy atom. The number of alkyl halides is 2. The summed E-state index contributed by atoms with van der Waals surface area (Å²) >= 11 is 5.79. The molecule has 4 aromatic rings. The van der Waals surface area contributed by atoms with Gasteiger partial charge in [-0.2, -0.15) is 5.10 Å². The third kappa shape index (κ3) is 5.75. The number of hydrogen-bond acceptors (Lipinski definition) is 8. The van der Waals surface area contributed by atoms with Gasteiger partial charge in [-0.05, 0) is 25.8 Å². The van der Waals surface area contributed by atoms with Crippen LogP contribution >= 0.6 is 11.6 Å². The molecule has 1 fully saturated rings. The lowest BCUT2D eigenvalue weighted by Gasteiger charge is -2.27. The van der Waals surface area contributed by atoms with Gasteiger partial charge in [-0.15, -0.1) is 0 Å². The molecule has 1 aliphatic rings. The molecule has 1 aliphatic heterocycles. The van der Waals surface area contributed by atoms with Crippen LogP contribution in [0.5, 0.6) is 0 Å². The maximum atomic E-state index is 14.7. The molecule has 1 amide bonds. The van der Waals surface area contributed by atoms with Crippen LogP contribution in [0.3, 0.4) is 0 Å². The van der Waals surface area contributed by atoms with Gasteiger partial charge in [-0.3, -0.25) is 14.5 Å². The van der Waals surface area contributed by atoms with Crippen molar-refractivity contribution in [3.05, 3.63) is 77.0 Å². The smallest absolute Gasteiger partial charge is 0.275 e. The molecule has 10 nitrogen and oxygen atoms in total. The molecule has 0 radical (unpaired) electrons. The lowest BCUT2D eigenvalue weighted by atomic mass is 10.0. The summed E-state index contributed by atoms with van der Waals surface area (Å²) in [5.41, 5.74) is 5.68. The van der Waals surface area contributed by atoms with E-state index in [9.17, 15) is 18.0 Å². The van der Waals surface area contributed by atoms with Gasteiger partial charge in [-0.25, -0.2) is 28.1 Å². The first-order valence-electron chi connectivity index (χ1n) is 12.5.